The minimum absolute atomic E-state index is 0.0524. The normalized spacial score (nSPS) is 21.2. The molecule has 1 saturated heterocycles. The highest BCUT2D eigenvalue weighted by atomic mass is 19.3. The van der Waals surface area contributed by atoms with Crippen molar-refractivity contribution in [3.8, 4) is 0 Å². The zero-order valence-electron chi connectivity index (χ0n) is 21.5. The maximum Gasteiger partial charge on any atom is 0.351 e. The van der Waals surface area contributed by atoms with E-state index in [0.717, 1.165) is 19.0 Å². The molecule has 0 aliphatic carbocycles. The van der Waals surface area contributed by atoms with Crippen molar-refractivity contribution < 1.29 is 33.0 Å². The van der Waals surface area contributed by atoms with Crippen molar-refractivity contribution in [2.45, 2.75) is 103 Å². The average Bonchev–Trinajstić information content (AvgIpc) is 3.08. The maximum atomic E-state index is 15.4. The summed E-state index contributed by atoms with van der Waals surface area (Å²) in [4.78, 5) is 41.5. The lowest BCUT2D eigenvalue weighted by atomic mass is 9.97. The van der Waals surface area contributed by atoms with Gasteiger partial charge in [-0.3, -0.25) is 14.2 Å². The highest BCUT2D eigenvalue weighted by molar-refractivity contribution is 5.91. The molecule has 204 valence electrons. The number of amides is 1. The Morgan fingerprint density at radius 3 is 2.17 bits per heavy atom. The Hall–Kier alpha value is -2.40. The summed E-state index contributed by atoms with van der Waals surface area (Å²) in [5, 5.41) is 12.2. The Morgan fingerprint density at radius 1 is 1.11 bits per heavy atom. The fraction of sp³-hybridized carbons (Fsp3) is 0.760. The standard InChI is InChI=1S/C25H39F2N3O6/c1-5-9-16(10-6-2)21(32)28-19-13-14-30(24(34)29-19)23-25(26,27)20(18(15-31)35-23)36-22(33)17(11-7-3)12-8-4/h13-14,16-18,20,23,31H,5-12,15H2,1-4H3,(H,28,29,32,34)/t18-,20-,23-/m1/s1. The van der Waals surface area contributed by atoms with E-state index in [1.54, 1.807) is 0 Å². The van der Waals surface area contributed by atoms with Crippen molar-refractivity contribution in [2.75, 3.05) is 11.9 Å². The highest BCUT2D eigenvalue weighted by Gasteiger charge is 2.62. The topological polar surface area (TPSA) is 120 Å². The van der Waals surface area contributed by atoms with Crippen molar-refractivity contribution in [1.29, 1.82) is 0 Å². The molecule has 1 aliphatic rings. The number of aliphatic hydroxyl groups is 1. The molecule has 3 atom stereocenters. The van der Waals surface area contributed by atoms with Crippen LogP contribution < -0.4 is 11.0 Å². The third kappa shape index (κ3) is 7.09. The van der Waals surface area contributed by atoms with Gasteiger partial charge in [-0.15, -0.1) is 0 Å². The van der Waals surface area contributed by atoms with Crippen LogP contribution in [0.4, 0.5) is 14.6 Å². The molecule has 1 aromatic heterocycles. The second-order valence-corrected chi connectivity index (χ2v) is 9.28. The summed E-state index contributed by atoms with van der Waals surface area (Å²) >= 11 is 0. The van der Waals surface area contributed by atoms with Gasteiger partial charge in [0.15, 0.2) is 6.10 Å². The number of rotatable bonds is 14. The van der Waals surface area contributed by atoms with Gasteiger partial charge in [-0.05, 0) is 31.7 Å². The molecule has 0 aromatic carbocycles. The number of carbonyl (C=O) groups excluding carboxylic acids is 2. The number of halogens is 2. The maximum absolute atomic E-state index is 15.4. The van der Waals surface area contributed by atoms with Crippen LogP contribution in [-0.4, -0.2) is 51.3 Å². The number of alkyl halides is 2. The quantitative estimate of drug-likeness (QED) is 0.359. The smallest absolute Gasteiger partial charge is 0.351 e. The Kier molecular flexibility index (Phi) is 11.4. The minimum atomic E-state index is -3.81. The van der Waals surface area contributed by atoms with Gasteiger partial charge in [-0.1, -0.05) is 53.4 Å². The van der Waals surface area contributed by atoms with E-state index in [-0.39, 0.29) is 17.6 Å². The van der Waals surface area contributed by atoms with Crippen molar-refractivity contribution >= 4 is 17.7 Å². The second kappa shape index (κ2) is 13.8. The molecule has 2 N–H and O–H groups in total. The predicted molar refractivity (Wildman–Crippen MR) is 130 cm³/mol. The monoisotopic (exact) mass is 515 g/mol. The highest BCUT2D eigenvalue weighted by Crippen LogP contribution is 2.44. The molecule has 1 aromatic rings. The van der Waals surface area contributed by atoms with Gasteiger partial charge < -0.3 is 19.9 Å². The van der Waals surface area contributed by atoms with Gasteiger partial charge in [-0.25, -0.2) is 4.79 Å². The second-order valence-electron chi connectivity index (χ2n) is 9.28. The number of aromatic nitrogens is 2. The van der Waals surface area contributed by atoms with E-state index in [1.807, 2.05) is 27.7 Å². The molecule has 0 spiro atoms. The predicted octanol–water partition coefficient (Wildman–Crippen LogP) is 4.05. The molecule has 0 radical (unpaired) electrons. The summed E-state index contributed by atoms with van der Waals surface area (Å²) in [6.45, 7) is 6.87. The number of ether oxygens (including phenoxy) is 2. The van der Waals surface area contributed by atoms with E-state index in [0.29, 0.717) is 43.1 Å². The molecule has 1 amide bonds. The molecule has 9 nitrogen and oxygen atoms in total. The van der Waals surface area contributed by atoms with Crippen molar-refractivity contribution in [1.82, 2.24) is 9.55 Å². The number of carbonyl (C=O) groups is 2. The number of hydrogen-bond acceptors (Lipinski definition) is 7. The number of aliphatic hydroxyl groups excluding tert-OH is 1. The summed E-state index contributed by atoms with van der Waals surface area (Å²) < 4.78 is 41.8. The van der Waals surface area contributed by atoms with Crippen LogP contribution in [0.25, 0.3) is 0 Å². The van der Waals surface area contributed by atoms with Gasteiger partial charge in [0, 0.05) is 12.1 Å². The van der Waals surface area contributed by atoms with E-state index >= 15 is 8.78 Å². The summed E-state index contributed by atoms with van der Waals surface area (Å²) in [6.07, 6.45) is 0.676. The lowest BCUT2D eigenvalue weighted by Crippen LogP contribution is -2.45. The first kappa shape index (κ1) is 29.8. The SMILES string of the molecule is CCCC(CCC)C(=O)Nc1ccn([C@@H]2O[C@H](CO)[C@@H](OC(=O)C(CCC)CCC)C2(F)F)c(=O)n1. The average molecular weight is 516 g/mol. The molecule has 36 heavy (non-hydrogen) atoms. The molecule has 2 heterocycles. The lowest BCUT2D eigenvalue weighted by molar-refractivity contribution is -0.181. The molecule has 0 bridgehead atoms. The van der Waals surface area contributed by atoms with Crippen molar-refractivity contribution in [3.05, 3.63) is 22.7 Å². The zero-order chi connectivity index (χ0) is 26.9. The van der Waals surface area contributed by atoms with Crippen LogP contribution in [0.15, 0.2) is 17.1 Å². The molecule has 11 heteroatoms. The van der Waals surface area contributed by atoms with Crippen LogP contribution in [-0.2, 0) is 19.1 Å². The van der Waals surface area contributed by atoms with Gasteiger partial charge >= 0.3 is 17.6 Å². The summed E-state index contributed by atoms with van der Waals surface area (Å²) in [5.41, 5.74) is -1.07. The van der Waals surface area contributed by atoms with Crippen LogP contribution in [0.1, 0.15) is 85.3 Å². The summed E-state index contributed by atoms with van der Waals surface area (Å²) in [7, 11) is 0. The van der Waals surface area contributed by atoms with Gasteiger partial charge in [-0.2, -0.15) is 13.8 Å². The molecule has 1 fully saturated rings. The van der Waals surface area contributed by atoms with E-state index in [1.165, 1.54) is 6.07 Å². The third-order valence-corrected chi connectivity index (χ3v) is 6.36. The lowest BCUT2D eigenvalue weighted by Gasteiger charge is -2.26. The van der Waals surface area contributed by atoms with Crippen LogP contribution in [0.2, 0.25) is 0 Å². The zero-order valence-corrected chi connectivity index (χ0v) is 21.5. The van der Waals surface area contributed by atoms with Gasteiger partial charge in [0.2, 0.25) is 12.1 Å². The Morgan fingerprint density at radius 2 is 1.67 bits per heavy atom. The number of esters is 1. The van der Waals surface area contributed by atoms with E-state index < -0.39 is 48.5 Å². The number of anilines is 1. The summed E-state index contributed by atoms with van der Waals surface area (Å²) in [5.74, 6) is -5.70. The van der Waals surface area contributed by atoms with Crippen LogP contribution in [0.5, 0.6) is 0 Å². The molecular formula is C25H39F2N3O6. The molecule has 0 saturated carbocycles. The first-order valence-corrected chi connectivity index (χ1v) is 12.9. The van der Waals surface area contributed by atoms with Gasteiger partial charge in [0.25, 0.3) is 0 Å². The van der Waals surface area contributed by atoms with Gasteiger partial charge in [0.05, 0.1) is 12.5 Å². The fourth-order valence-electron chi connectivity index (χ4n) is 4.55. The Bertz CT molecular complexity index is 913. The van der Waals surface area contributed by atoms with E-state index in [9.17, 15) is 19.5 Å². The largest absolute Gasteiger partial charge is 0.453 e. The first-order valence-electron chi connectivity index (χ1n) is 12.9. The third-order valence-electron chi connectivity index (χ3n) is 6.36. The molecular weight excluding hydrogens is 476 g/mol. The molecule has 0 unspecified atom stereocenters. The van der Waals surface area contributed by atoms with Gasteiger partial charge in [0.1, 0.15) is 11.9 Å². The van der Waals surface area contributed by atoms with Crippen LogP contribution in [0.3, 0.4) is 0 Å². The van der Waals surface area contributed by atoms with E-state index in [2.05, 4.69) is 10.3 Å². The Balaban J connectivity index is 2.23. The fourth-order valence-corrected chi connectivity index (χ4v) is 4.55. The Labute approximate surface area is 210 Å². The minimum Gasteiger partial charge on any atom is -0.453 e. The molecule has 2 rings (SSSR count). The summed E-state index contributed by atoms with van der Waals surface area (Å²) in [6, 6.07) is 1.24. The van der Waals surface area contributed by atoms with Crippen molar-refractivity contribution in [2.24, 2.45) is 11.8 Å². The molecule has 1 aliphatic heterocycles. The number of nitrogens with one attached hydrogen (secondary N) is 1. The van der Waals surface area contributed by atoms with Crippen molar-refractivity contribution in [3.63, 3.8) is 0 Å². The van der Waals surface area contributed by atoms with E-state index in [4.69, 9.17) is 9.47 Å². The van der Waals surface area contributed by atoms with Crippen LogP contribution in [0, 0.1) is 11.8 Å². The number of nitrogens with zero attached hydrogens (tertiary/aromatic N) is 2. The first-order chi connectivity index (χ1) is 17.1. The van der Waals surface area contributed by atoms with Crippen LogP contribution >= 0.6 is 0 Å². The number of hydrogen-bond donors (Lipinski definition) is 2.